The van der Waals surface area contributed by atoms with Crippen molar-refractivity contribution in [1.82, 2.24) is 0 Å². The van der Waals surface area contributed by atoms with E-state index in [1.54, 1.807) is 49.4 Å². The highest BCUT2D eigenvalue weighted by Crippen LogP contribution is 2.25. The predicted molar refractivity (Wildman–Crippen MR) is 100 cm³/mol. The van der Waals surface area contributed by atoms with E-state index in [1.165, 1.54) is 18.2 Å². The Morgan fingerprint density at radius 1 is 1.04 bits per heavy atom. The lowest BCUT2D eigenvalue weighted by Gasteiger charge is -2.11. The van der Waals surface area contributed by atoms with Gasteiger partial charge in [-0.05, 0) is 49.4 Å². The van der Waals surface area contributed by atoms with Crippen molar-refractivity contribution in [2.75, 3.05) is 10.0 Å². The number of hydrogen-bond donors (Lipinski definition) is 2. The highest BCUT2D eigenvalue weighted by molar-refractivity contribution is 7.92. The van der Waals surface area contributed by atoms with E-state index in [2.05, 4.69) is 10.0 Å². The summed E-state index contributed by atoms with van der Waals surface area (Å²) in [4.78, 5) is 12.1. The number of carbonyl (C=O) groups is 1. The summed E-state index contributed by atoms with van der Waals surface area (Å²) in [7, 11) is -3.86. The SMILES string of the molecule is Cc1ccc(C(=O)Nc2cccc(S(=O)(=O)Nc3ccccc3Cl)c2)o1. The zero-order valence-electron chi connectivity index (χ0n) is 13.7. The van der Waals surface area contributed by atoms with Gasteiger partial charge in [-0.2, -0.15) is 0 Å². The first-order valence-electron chi connectivity index (χ1n) is 7.60. The summed E-state index contributed by atoms with van der Waals surface area (Å²) in [6.45, 7) is 1.73. The van der Waals surface area contributed by atoms with Gasteiger partial charge in [-0.3, -0.25) is 9.52 Å². The van der Waals surface area contributed by atoms with Crippen LogP contribution in [0.15, 0.2) is 70.0 Å². The lowest BCUT2D eigenvalue weighted by atomic mass is 10.3. The molecule has 0 aliphatic carbocycles. The van der Waals surface area contributed by atoms with E-state index < -0.39 is 15.9 Å². The number of aryl methyl sites for hydroxylation is 1. The minimum absolute atomic E-state index is 0.00848. The fraction of sp³-hybridized carbons (Fsp3) is 0.0556. The number of para-hydroxylation sites is 1. The number of furan rings is 1. The van der Waals surface area contributed by atoms with Crippen molar-refractivity contribution in [2.24, 2.45) is 0 Å². The Morgan fingerprint density at radius 3 is 2.50 bits per heavy atom. The second kappa shape index (κ2) is 7.23. The fourth-order valence-electron chi connectivity index (χ4n) is 2.24. The number of amides is 1. The van der Waals surface area contributed by atoms with Gasteiger partial charge in [-0.25, -0.2) is 8.42 Å². The zero-order valence-corrected chi connectivity index (χ0v) is 15.3. The van der Waals surface area contributed by atoms with Gasteiger partial charge in [-0.1, -0.05) is 29.8 Å². The first-order valence-corrected chi connectivity index (χ1v) is 9.46. The van der Waals surface area contributed by atoms with Crippen LogP contribution in [0.4, 0.5) is 11.4 Å². The number of anilines is 2. The van der Waals surface area contributed by atoms with Crippen molar-refractivity contribution in [2.45, 2.75) is 11.8 Å². The maximum absolute atomic E-state index is 12.6. The minimum atomic E-state index is -3.86. The molecule has 0 atom stereocenters. The van der Waals surface area contributed by atoms with E-state index in [0.717, 1.165) is 0 Å². The summed E-state index contributed by atoms with van der Waals surface area (Å²) >= 11 is 5.99. The van der Waals surface area contributed by atoms with Crippen LogP contribution < -0.4 is 10.0 Å². The molecule has 134 valence electrons. The van der Waals surface area contributed by atoms with Crippen molar-refractivity contribution in [3.8, 4) is 0 Å². The number of carbonyl (C=O) groups excluding carboxylic acids is 1. The number of rotatable bonds is 5. The van der Waals surface area contributed by atoms with Crippen molar-refractivity contribution >= 4 is 38.9 Å². The van der Waals surface area contributed by atoms with Gasteiger partial charge in [0.25, 0.3) is 15.9 Å². The average Bonchev–Trinajstić information content (AvgIpc) is 3.04. The number of benzene rings is 2. The molecule has 8 heteroatoms. The quantitative estimate of drug-likeness (QED) is 0.680. The Balaban J connectivity index is 1.82. The third-order valence-corrected chi connectivity index (χ3v) is 5.18. The molecule has 0 unspecified atom stereocenters. The number of sulfonamides is 1. The van der Waals surface area contributed by atoms with Gasteiger partial charge < -0.3 is 9.73 Å². The van der Waals surface area contributed by atoms with Crippen LogP contribution in [0.1, 0.15) is 16.3 Å². The Bertz CT molecular complexity index is 1060. The standard InChI is InChI=1S/C18H15ClN2O4S/c1-12-9-10-17(25-12)18(22)20-13-5-4-6-14(11-13)26(23,24)21-16-8-3-2-7-15(16)19/h2-11,21H,1H3,(H,20,22). The maximum Gasteiger partial charge on any atom is 0.291 e. The maximum atomic E-state index is 12.6. The van der Waals surface area contributed by atoms with Gasteiger partial charge in [0.1, 0.15) is 5.76 Å². The van der Waals surface area contributed by atoms with Crippen LogP contribution in [-0.2, 0) is 10.0 Å². The molecule has 2 aromatic carbocycles. The van der Waals surface area contributed by atoms with E-state index >= 15 is 0 Å². The van der Waals surface area contributed by atoms with Crippen molar-refractivity contribution in [3.63, 3.8) is 0 Å². The molecule has 0 saturated carbocycles. The van der Waals surface area contributed by atoms with Crippen LogP contribution in [0, 0.1) is 6.92 Å². The first kappa shape index (κ1) is 18.0. The summed E-state index contributed by atoms with van der Waals surface area (Å²) in [6.07, 6.45) is 0. The molecule has 0 saturated heterocycles. The molecule has 0 bridgehead atoms. The van der Waals surface area contributed by atoms with Gasteiger partial charge in [0.15, 0.2) is 5.76 Å². The van der Waals surface area contributed by atoms with Crippen LogP contribution in [-0.4, -0.2) is 14.3 Å². The Kier molecular flexibility index (Phi) is 5.01. The number of nitrogens with one attached hydrogen (secondary N) is 2. The molecule has 0 aliphatic rings. The summed E-state index contributed by atoms with van der Waals surface area (Å²) in [5, 5.41) is 2.89. The monoisotopic (exact) mass is 390 g/mol. The van der Waals surface area contributed by atoms with Gasteiger partial charge in [0.2, 0.25) is 0 Å². The molecule has 26 heavy (non-hydrogen) atoms. The molecular weight excluding hydrogens is 376 g/mol. The van der Waals surface area contributed by atoms with Crippen LogP contribution >= 0.6 is 11.6 Å². The average molecular weight is 391 g/mol. The molecule has 2 N–H and O–H groups in total. The molecule has 1 aromatic heterocycles. The van der Waals surface area contributed by atoms with Gasteiger partial charge in [0, 0.05) is 5.69 Å². The summed E-state index contributed by atoms with van der Waals surface area (Å²) in [5.74, 6) is 0.284. The highest BCUT2D eigenvalue weighted by atomic mass is 35.5. The summed E-state index contributed by atoms with van der Waals surface area (Å²) in [6, 6.07) is 15.6. The first-order chi connectivity index (χ1) is 12.3. The van der Waals surface area contributed by atoms with E-state index in [9.17, 15) is 13.2 Å². The van der Waals surface area contributed by atoms with Crippen molar-refractivity contribution < 1.29 is 17.6 Å². The van der Waals surface area contributed by atoms with Crippen molar-refractivity contribution in [1.29, 1.82) is 0 Å². The third-order valence-electron chi connectivity index (χ3n) is 3.48. The molecule has 0 spiro atoms. The molecular formula is C18H15ClN2O4S. The van der Waals surface area contributed by atoms with E-state index in [-0.39, 0.29) is 21.4 Å². The largest absolute Gasteiger partial charge is 0.456 e. The van der Waals surface area contributed by atoms with E-state index in [1.807, 2.05) is 0 Å². The molecule has 0 aliphatic heterocycles. The molecule has 3 aromatic rings. The number of halogens is 1. The normalized spacial score (nSPS) is 11.2. The van der Waals surface area contributed by atoms with E-state index in [0.29, 0.717) is 11.4 Å². The molecule has 0 fully saturated rings. The fourth-order valence-corrected chi connectivity index (χ4v) is 3.60. The minimum Gasteiger partial charge on any atom is -0.456 e. The third kappa shape index (κ3) is 4.07. The summed E-state index contributed by atoms with van der Waals surface area (Å²) < 4.78 is 32.8. The predicted octanol–water partition coefficient (Wildman–Crippen LogP) is 4.29. The number of hydrogen-bond acceptors (Lipinski definition) is 4. The molecule has 6 nitrogen and oxygen atoms in total. The lowest BCUT2D eigenvalue weighted by molar-refractivity contribution is 0.0995. The second-order valence-corrected chi connectivity index (χ2v) is 7.57. The van der Waals surface area contributed by atoms with Gasteiger partial charge >= 0.3 is 0 Å². The topological polar surface area (TPSA) is 88.4 Å². The summed E-state index contributed by atoms with van der Waals surface area (Å²) in [5.41, 5.74) is 0.598. The van der Waals surface area contributed by atoms with Crippen LogP contribution in [0.25, 0.3) is 0 Å². The molecule has 1 heterocycles. The Hall–Kier alpha value is -2.77. The molecule has 0 radical (unpaired) electrons. The molecule has 1 amide bonds. The molecule has 3 rings (SSSR count). The van der Waals surface area contributed by atoms with Crippen LogP contribution in [0.2, 0.25) is 5.02 Å². The van der Waals surface area contributed by atoms with Gasteiger partial charge in [-0.15, -0.1) is 0 Å². The van der Waals surface area contributed by atoms with E-state index in [4.69, 9.17) is 16.0 Å². The van der Waals surface area contributed by atoms with Crippen molar-refractivity contribution in [3.05, 3.63) is 77.2 Å². The Labute approximate surface area is 155 Å². The smallest absolute Gasteiger partial charge is 0.291 e. The van der Waals surface area contributed by atoms with Gasteiger partial charge in [0.05, 0.1) is 15.6 Å². The second-order valence-electron chi connectivity index (χ2n) is 5.48. The van der Waals surface area contributed by atoms with Crippen LogP contribution in [0.3, 0.4) is 0 Å². The Morgan fingerprint density at radius 2 is 1.81 bits per heavy atom. The van der Waals surface area contributed by atoms with Crippen LogP contribution in [0.5, 0.6) is 0 Å². The highest BCUT2D eigenvalue weighted by Gasteiger charge is 2.17. The lowest BCUT2D eigenvalue weighted by Crippen LogP contribution is -2.15. The zero-order chi connectivity index (χ0) is 18.7.